The van der Waals surface area contributed by atoms with E-state index in [1.165, 1.54) is 0 Å². The minimum atomic E-state index is 0.0618. The summed E-state index contributed by atoms with van der Waals surface area (Å²) >= 11 is 1.67. The number of H-pyrrole nitrogens is 1. The average Bonchev–Trinajstić information content (AvgIpc) is 3.25. The van der Waals surface area contributed by atoms with Crippen molar-refractivity contribution in [3.05, 3.63) is 33.5 Å². The highest BCUT2D eigenvalue weighted by Crippen LogP contribution is 2.26. The number of nitrogens with one attached hydrogen (secondary N) is 1. The van der Waals surface area contributed by atoms with Crippen molar-refractivity contribution in [1.82, 2.24) is 29.9 Å². The molecule has 8 heteroatoms. The first-order chi connectivity index (χ1) is 11.2. The van der Waals surface area contributed by atoms with E-state index >= 15 is 0 Å². The number of thiazole rings is 1. The molecule has 4 heterocycles. The van der Waals surface area contributed by atoms with Gasteiger partial charge in [0.25, 0.3) is 5.91 Å². The summed E-state index contributed by atoms with van der Waals surface area (Å²) in [6, 6.07) is 0. The van der Waals surface area contributed by atoms with Gasteiger partial charge in [-0.15, -0.1) is 11.3 Å². The van der Waals surface area contributed by atoms with Crippen molar-refractivity contribution in [2.24, 2.45) is 0 Å². The van der Waals surface area contributed by atoms with E-state index < -0.39 is 0 Å². The summed E-state index contributed by atoms with van der Waals surface area (Å²) in [5.74, 6) is 0.0618. The molecule has 0 aromatic carbocycles. The van der Waals surface area contributed by atoms with Crippen LogP contribution in [0.4, 0.5) is 0 Å². The second kappa shape index (κ2) is 6.03. The first-order valence-electron chi connectivity index (χ1n) is 7.85. The summed E-state index contributed by atoms with van der Waals surface area (Å²) in [4.78, 5) is 23.5. The number of likely N-dealkylation sites (N-methyl/N-ethyl adjacent to an activating group) is 1. The Bertz CT molecular complexity index is 689. The van der Waals surface area contributed by atoms with Crippen LogP contribution in [0.25, 0.3) is 0 Å². The molecule has 0 aliphatic carbocycles. The quantitative estimate of drug-likeness (QED) is 0.899. The molecule has 0 saturated carbocycles. The normalized spacial score (nSPS) is 19.3. The van der Waals surface area contributed by atoms with E-state index in [1.807, 2.05) is 16.5 Å². The van der Waals surface area contributed by atoms with E-state index in [0.29, 0.717) is 5.69 Å². The minimum Gasteiger partial charge on any atom is -0.335 e. The molecule has 122 valence electrons. The van der Waals surface area contributed by atoms with Gasteiger partial charge in [-0.25, -0.2) is 4.98 Å². The summed E-state index contributed by atoms with van der Waals surface area (Å²) in [6.45, 7) is 5.79. The zero-order valence-corrected chi connectivity index (χ0v) is 14.0. The Morgan fingerprint density at radius 1 is 1.30 bits per heavy atom. The highest BCUT2D eigenvalue weighted by Gasteiger charge is 2.31. The van der Waals surface area contributed by atoms with Gasteiger partial charge in [0.05, 0.1) is 12.2 Å². The molecular formula is C15H20N6OS. The van der Waals surface area contributed by atoms with E-state index in [2.05, 4.69) is 32.0 Å². The van der Waals surface area contributed by atoms with Crippen LogP contribution in [0.3, 0.4) is 0 Å². The molecule has 7 nitrogen and oxygen atoms in total. The van der Waals surface area contributed by atoms with Gasteiger partial charge in [-0.05, 0) is 7.05 Å². The lowest BCUT2D eigenvalue weighted by molar-refractivity contribution is 0.0656. The lowest BCUT2D eigenvalue weighted by atomic mass is 10.2. The standard InChI is InChI=1S/C15H20N6OS/c1-19-3-5-21(6-4-19)15(22)14-11-8-20(9-12(11)17-18-14)10-13-16-2-7-23-13/h2,7H,3-6,8-10H2,1H3,(H,17,18). The summed E-state index contributed by atoms with van der Waals surface area (Å²) in [5.41, 5.74) is 2.73. The maximum absolute atomic E-state index is 12.7. The smallest absolute Gasteiger partial charge is 0.274 e. The van der Waals surface area contributed by atoms with Crippen LogP contribution in [0.15, 0.2) is 11.6 Å². The Morgan fingerprint density at radius 3 is 2.87 bits per heavy atom. The maximum atomic E-state index is 12.7. The fourth-order valence-electron chi connectivity index (χ4n) is 3.18. The third-order valence-corrected chi connectivity index (χ3v) is 5.32. The van der Waals surface area contributed by atoms with Crippen LogP contribution >= 0.6 is 11.3 Å². The van der Waals surface area contributed by atoms with Crippen LogP contribution in [0, 0.1) is 0 Å². The first-order valence-corrected chi connectivity index (χ1v) is 8.73. The van der Waals surface area contributed by atoms with Crippen molar-refractivity contribution in [3.63, 3.8) is 0 Å². The van der Waals surface area contributed by atoms with Crippen molar-refractivity contribution >= 4 is 17.2 Å². The highest BCUT2D eigenvalue weighted by molar-refractivity contribution is 7.09. The summed E-state index contributed by atoms with van der Waals surface area (Å²) < 4.78 is 0. The average molecular weight is 332 g/mol. The molecule has 2 aliphatic rings. The maximum Gasteiger partial charge on any atom is 0.274 e. The Balaban J connectivity index is 1.46. The molecular weight excluding hydrogens is 312 g/mol. The van der Waals surface area contributed by atoms with E-state index in [-0.39, 0.29) is 5.91 Å². The second-order valence-corrected chi connectivity index (χ2v) is 7.17. The van der Waals surface area contributed by atoms with Gasteiger partial charge in [0.15, 0.2) is 5.69 Å². The van der Waals surface area contributed by atoms with Gasteiger partial charge in [0.2, 0.25) is 0 Å². The third-order valence-electron chi connectivity index (χ3n) is 4.55. The molecule has 0 atom stereocenters. The zero-order valence-electron chi connectivity index (χ0n) is 13.2. The van der Waals surface area contributed by atoms with Crippen molar-refractivity contribution in [2.45, 2.75) is 19.6 Å². The molecule has 2 aromatic rings. The van der Waals surface area contributed by atoms with Gasteiger partial charge in [0.1, 0.15) is 5.01 Å². The van der Waals surface area contributed by atoms with Crippen molar-refractivity contribution in [2.75, 3.05) is 33.2 Å². The minimum absolute atomic E-state index is 0.0618. The van der Waals surface area contributed by atoms with Gasteiger partial charge in [0, 0.05) is 56.4 Å². The second-order valence-electron chi connectivity index (χ2n) is 6.20. The number of nitrogens with zero attached hydrogens (tertiary/aromatic N) is 5. The molecule has 23 heavy (non-hydrogen) atoms. The number of hydrogen-bond donors (Lipinski definition) is 1. The molecule has 2 aliphatic heterocycles. The lowest BCUT2D eigenvalue weighted by Gasteiger charge is -2.32. The molecule has 1 amide bonds. The van der Waals surface area contributed by atoms with Crippen LogP contribution in [-0.2, 0) is 19.6 Å². The summed E-state index contributed by atoms with van der Waals surface area (Å²) in [6.07, 6.45) is 1.83. The molecule has 1 saturated heterocycles. The number of piperazine rings is 1. The Kier molecular flexibility index (Phi) is 3.88. The molecule has 1 fully saturated rings. The SMILES string of the molecule is CN1CCN(C(=O)c2n[nH]c3c2CN(Cc2nccs2)C3)CC1. The largest absolute Gasteiger partial charge is 0.335 e. The highest BCUT2D eigenvalue weighted by atomic mass is 32.1. The number of rotatable bonds is 3. The predicted octanol–water partition coefficient (Wildman–Crippen LogP) is 0.770. The van der Waals surface area contributed by atoms with Crippen LogP contribution in [-0.4, -0.2) is 69.0 Å². The van der Waals surface area contributed by atoms with Crippen molar-refractivity contribution in [1.29, 1.82) is 0 Å². The fraction of sp³-hybridized carbons (Fsp3) is 0.533. The van der Waals surface area contributed by atoms with E-state index in [0.717, 1.165) is 62.1 Å². The number of carbonyl (C=O) groups excluding carboxylic acids is 1. The van der Waals surface area contributed by atoms with Crippen LogP contribution < -0.4 is 0 Å². The number of aromatic amines is 1. The number of aromatic nitrogens is 3. The van der Waals surface area contributed by atoms with Crippen LogP contribution in [0.1, 0.15) is 26.8 Å². The van der Waals surface area contributed by atoms with Gasteiger partial charge in [-0.3, -0.25) is 14.8 Å². The van der Waals surface area contributed by atoms with Crippen molar-refractivity contribution < 1.29 is 4.79 Å². The Morgan fingerprint density at radius 2 is 2.13 bits per heavy atom. The first kappa shape index (κ1) is 14.8. The molecule has 0 spiro atoms. The molecule has 0 unspecified atom stereocenters. The number of fused-ring (bicyclic) bond motifs is 1. The Labute approximate surface area is 138 Å². The van der Waals surface area contributed by atoms with Gasteiger partial charge < -0.3 is 9.80 Å². The lowest BCUT2D eigenvalue weighted by Crippen LogP contribution is -2.47. The molecule has 1 N–H and O–H groups in total. The predicted molar refractivity (Wildman–Crippen MR) is 87.1 cm³/mol. The van der Waals surface area contributed by atoms with Gasteiger partial charge in [-0.1, -0.05) is 0 Å². The Hall–Kier alpha value is -1.77. The monoisotopic (exact) mass is 332 g/mol. The number of hydrogen-bond acceptors (Lipinski definition) is 6. The fourth-order valence-corrected chi connectivity index (χ4v) is 3.83. The topological polar surface area (TPSA) is 68.4 Å². The summed E-state index contributed by atoms with van der Waals surface area (Å²) in [7, 11) is 2.09. The summed E-state index contributed by atoms with van der Waals surface area (Å²) in [5, 5.41) is 10.5. The van der Waals surface area contributed by atoms with Gasteiger partial charge in [-0.2, -0.15) is 5.10 Å². The molecule has 4 rings (SSSR count). The van der Waals surface area contributed by atoms with E-state index in [9.17, 15) is 4.79 Å². The van der Waals surface area contributed by atoms with Crippen LogP contribution in [0.2, 0.25) is 0 Å². The van der Waals surface area contributed by atoms with E-state index in [4.69, 9.17) is 0 Å². The number of carbonyl (C=O) groups is 1. The molecule has 0 bridgehead atoms. The molecule has 0 radical (unpaired) electrons. The van der Waals surface area contributed by atoms with Crippen LogP contribution in [0.5, 0.6) is 0 Å². The van der Waals surface area contributed by atoms with E-state index in [1.54, 1.807) is 11.3 Å². The zero-order chi connectivity index (χ0) is 15.8. The molecule has 2 aromatic heterocycles. The van der Waals surface area contributed by atoms with Crippen molar-refractivity contribution in [3.8, 4) is 0 Å². The third kappa shape index (κ3) is 2.89. The number of amides is 1. The van der Waals surface area contributed by atoms with Gasteiger partial charge >= 0.3 is 0 Å².